The molecule has 88 valence electrons. The third kappa shape index (κ3) is 1.34. The Labute approximate surface area is 108 Å². The van der Waals surface area contributed by atoms with E-state index in [1.165, 1.54) is 17.0 Å². The van der Waals surface area contributed by atoms with Crippen molar-refractivity contribution in [2.24, 2.45) is 0 Å². The van der Waals surface area contributed by atoms with E-state index in [9.17, 15) is 4.39 Å². The number of aromatic nitrogens is 1. The molecule has 1 aromatic heterocycles. The highest BCUT2D eigenvalue weighted by Gasteiger charge is 2.21. The average Bonchev–Trinajstić information content (AvgIpc) is 2.78. The van der Waals surface area contributed by atoms with Crippen LogP contribution in [0.2, 0.25) is 0 Å². The Morgan fingerprint density at radius 2 is 2.00 bits per heavy atom. The molecule has 0 amide bonds. The Kier molecular flexibility index (Phi) is 2.06. The van der Waals surface area contributed by atoms with Crippen molar-refractivity contribution in [1.29, 1.82) is 0 Å². The van der Waals surface area contributed by atoms with Crippen molar-refractivity contribution in [2.75, 3.05) is 0 Å². The second-order valence-corrected chi connectivity index (χ2v) is 5.47. The predicted molar refractivity (Wildman–Crippen MR) is 73.3 cm³/mol. The average molecular weight is 255 g/mol. The van der Waals surface area contributed by atoms with Crippen LogP contribution in [0.1, 0.15) is 5.56 Å². The van der Waals surface area contributed by atoms with E-state index >= 15 is 0 Å². The largest absolute Gasteiger partial charge is 0.354 e. The van der Waals surface area contributed by atoms with Crippen LogP contribution < -0.4 is 0 Å². The van der Waals surface area contributed by atoms with Crippen LogP contribution in [0.3, 0.4) is 0 Å². The summed E-state index contributed by atoms with van der Waals surface area (Å²) in [6.45, 7) is 0. The van der Waals surface area contributed by atoms with E-state index in [2.05, 4.69) is 17.1 Å². The zero-order valence-corrected chi connectivity index (χ0v) is 10.4. The molecule has 0 aliphatic carbocycles. The minimum absolute atomic E-state index is 0.180. The molecule has 3 aromatic rings. The third-order valence-electron chi connectivity index (χ3n) is 3.40. The Hall–Kier alpha value is -1.74. The molecule has 1 nitrogen and oxygen atoms in total. The van der Waals surface area contributed by atoms with Gasteiger partial charge in [0.05, 0.1) is 5.69 Å². The van der Waals surface area contributed by atoms with Crippen molar-refractivity contribution < 1.29 is 4.39 Å². The number of hydrogen-bond donors (Lipinski definition) is 1. The maximum Gasteiger partial charge on any atom is 0.123 e. The number of thioether (sulfide) groups is 1. The number of H-pyrrole nitrogens is 1. The van der Waals surface area contributed by atoms with Crippen LogP contribution in [0.25, 0.3) is 22.2 Å². The molecule has 0 saturated heterocycles. The fraction of sp³-hybridized carbons (Fsp3) is 0.0667. The summed E-state index contributed by atoms with van der Waals surface area (Å²) in [4.78, 5) is 4.57. The second-order valence-electron chi connectivity index (χ2n) is 4.45. The summed E-state index contributed by atoms with van der Waals surface area (Å²) in [5.41, 5.74) is 4.47. The number of aromatic amines is 1. The molecule has 2 heterocycles. The molecular weight excluding hydrogens is 245 g/mol. The van der Waals surface area contributed by atoms with Crippen LogP contribution in [-0.2, 0) is 5.75 Å². The Morgan fingerprint density at radius 3 is 2.94 bits per heavy atom. The highest BCUT2D eigenvalue weighted by Crippen LogP contribution is 2.44. The van der Waals surface area contributed by atoms with Crippen molar-refractivity contribution in [3.8, 4) is 11.3 Å². The van der Waals surface area contributed by atoms with Crippen LogP contribution in [0.5, 0.6) is 0 Å². The summed E-state index contributed by atoms with van der Waals surface area (Å²) in [5, 5.41) is 1.25. The SMILES string of the molecule is Fc1ccc2c(c1)-c1[nH]c3ccccc3c1CS2. The van der Waals surface area contributed by atoms with Gasteiger partial charge in [0.25, 0.3) is 0 Å². The summed E-state index contributed by atoms with van der Waals surface area (Å²) in [6, 6.07) is 13.3. The maximum atomic E-state index is 13.4. The van der Waals surface area contributed by atoms with Gasteiger partial charge in [-0.3, -0.25) is 0 Å². The Balaban J connectivity index is 2.08. The summed E-state index contributed by atoms with van der Waals surface area (Å²) in [5.74, 6) is 0.763. The topological polar surface area (TPSA) is 15.8 Å². The molecule has 3 heteroatoms. The van der Waals surface area contributed by atoms with Gasteiger partial charge in [-0.05, 0) is 29.8 Å². The Bertz CT molecular complexity index is 760. The standard InChI is InChI=1S/C15H10FNS/c16-9-5-6-14-11(7-9)15-12(8-18-14)10-3-1-2-4-13(10)17-15/h1-7,17H,8H2. The zero-order valence-electron chi connectivity index (χ0n) is 9.53. The number of fused-ring (bicyclic) bond motifs is 5. The molecule has 1 aliphatic heterocycles. The fourth-order valence-electron chi connectivity index (χ4n) is 2.55. The molecule has 2 aromatic carbocycles. The monoisotopic (exact) mass is 255 g/mol. The molecule has 18 heavy (non-hydrogen) atoms. The quantitative estimate of drug-likeness (QED) is 0.621. The first-order valence-corrected chi connectivity index (χ1v) is 6.84. The van der Waals surface area contributed by atoms with Gasteiger partial charge in [0.2, 0.25) is 0 Å². The minimum atomic E-state index is -0.180. The lowest BCUT2D eigenvalue weighted by Crippen LogP contribution is -1.95. The van der Waals surface area contributed by atoms with E-state index < -0.39 is 0 Å². The van der Waals surface area contributed by atoms with Gasteiger partial charge in [-0.15, -0.1) is 11.8 Å². The van der Waals surface area contributed by atoms with Crippen molar-refractivity contribution in [3.05, 3.63) is 53.8 Å². The highest BCUT2D eigenvalue weighted by atomic mass is 32.2. The lowest BCUT2D eigenvalue weighted by atomic mass is 10.1. The van der Waals surface area contributed by atoms with Gasteiger partial charge in [0, 0.05) is 27.1 Å². The fourth-order valence-corrected chi connectivity index (χ4v) is 3.63. The first kappa shape index (κ1) is 10.2. The zero-order chi connectivity index (χ0) is 12.1. The molecular formula is C15H10FNS. The normalized spacial score (nSPS) is 13.4. The first-order chi connectivity index (χ1) is 8.83. The maximum absolute atomic E-state index is 13.4. The highest BCUT2D eigenvalue weighted by molar-refractivity contribution is 7.98. The molecule has 0 atom stereocenters. The number of hydrogen-bond acceptors (Lipinski definition) is 1. The van der Waals surface area contributed by atoms with Crippen molar-refractivity contribution >= 4 is 22.7 Å². The molecule has 1 N–H and O–H groups in total. The van der Waals surface area contributed by atoms with Gasteiger partial charge >= 0.3 is 0 Å². The van der Waals surface area contributed by atoms with Gasteiger partial charge in [-0.2, -0.15) is 0 Å². The molecule has 0 saturated carbocycles. The van der Waals surface area contributed by atoms with Gasteiger partial charge in [-0.25, -0.2) is 4.39 Å². The number of benzene rings is 2. The lowest BCUT2D eigenvalue weighted by molar-refractivity contribution is 0.627. The number of para-hydroxylation sites is 1. The van der Waals surface area contributed by atoms with Crippen molar-refractivity contribution in [3.63, 3.8) is 0 Å². The van der Waals surface area contributed by atoms with E-state index in [4.69, 9.17) is 0 Å². The predicted octanol–water partition coefficient (Wildman–Crippen LogP) is 4.58. The molecule has 0 unspecified atom stereocenters. The van der Waals surface area contributed by atoms with Crippen LogP contribution in [0.15, 0.2) is 47.4 Å². The van der Waals surface area contributed by atoms with Gasteiger partial charge in [-0.1, -0.05) is 18.2 Å². The summed E-state index contributed by atoms with van der Waals surface area (Å²) < 4.78 is 13.4. The van der Waals surface area contributed by atoms with E-state index in [1.54, 1.807) is 17.8 Å². The summed E-state index contributed by atoms with van der Waals surface area (Å²) >= 11 is 1.77. The summed E-state index contributed by atoms with van der Waals surface area (Å²) in [7, 11) is 0. The Morgan fingerprint density at radius 1 is 1.11 bits per heavy atom. The first-order valence-electron chi connectivity index (χ1n) is 5.85. The molecule has 1 aliphatic rings. The van der Waals surface area contributed by atoms with Crippen molar-refractivity contribution in [2.45, 2.75) is 10.6 Å². The van der Waals surface area contributed by atoms with E-state index in [0.717, 1.165) is 27.4 Å². The van der Waals surface area contributed by atoms with E-state index in [1.807, 2.05) is 18.2 Å². The molecule has 0 bridgehead atoms. The van der Waals surface area contributed by atoms with Crippen LogP contribution in [0, 0.1) is 5.82 Å². The minimum Gasteiger partial charge on any atom is -0.354 e. The van der Waals surface area contributed by atoms with E-state index in [-0.39, 0.29) is 5.82 Å². The van der Waals surface area contributed by atoms with Gasteiger partial charge < -0.3 is 4.98 Å². The van der Waals surface area contributed by atoms with E-state index in [0.29, 0.717) is 0 Å². The smallest absolute Gasteiger partial charge is 0.123 e. The molecule has 0 fully saturated rings. The lowest BCUT2D eigenvalue weighted by Gasteiger charge is -2.15. The molecule has 4 rings (SSSR count). The van der Waals surface area contributed by atoms with Crippen LogP contribution in [-0.4, -0.2) is 4.98 Å². The van der Waals surface area contributed by atoms with Gasteiger partial charge in [0.1, 0.15) is 5.82 Å². The van der Waals surface area contributed by atoms with Crippen molar-refractivity contribution in [1.82, 2.24) is 4.98 Å². The van der Waals surface area contributed by atoms with Gasteiger partial charge in [0.15, 0.2) is 0 Å². The molecule has 0 radical (unpaired) electrons. The third-order valence-corrected chi connectivity index (χ3v) is 4.50. The van der Waals surface area contributed by atoms with Crippen LogP contribution >= 0.6 is 11.8 Å². The molecule has 0 spiro atoms. The number of rotatable bonds is 0. The second kappa shape index (κ2) is 3.62. The summed E-state index contributed by atoms with van der Waals surface area (Å²) in [6.07, 6.45) is 0. The number of nitrogens with one attached hydrogen (secondary N) is 1. The van der Waals surface area contributed by atoms with Crippen LogP contribution in [0.4, 0.5) is 4.39 Å². The number of halogens is 1.